The van der Waals surface area contributed by atoms with Crippen LogP contribution in [0.25, 0.3) is 11.4 Å². The summed E-state index contributed by atoms with van der Waals surface area (Å²) in [5, 5.41) is 7.06. The maximum Gasteiger partial charge on any atom is 0.226 e. The number of aryl methyl sites for hydroxylation is 1. The van der Waals surface area contributed by atoms with Crippen molar-refractivity contribution < 1.29 is 4.79 Å². The molecule has 5 heteroatoms. The predicted molar refractivity (Wildman–Crippen MR) is 69.9 cm³/mol. The zero-order valence-electron chi connectivity index (χ0n) is 10.7. The Morgan fingerprint density at radius 1 is 1.28 bits per heavy atom. The van der Waals surface area contributed by atoms with E-state index in [0.29, 0.717) is 5.82 Å². The van der Waals surface area contributed by atoms with Crippen molar-refractivity contribution in [3.63, 3.8) is 0 Å². The lowest BCUT2D eigenvalue weighted by Crippen LogP contribution is -2.17. The highest BCUT2D eigenvalue weighted by Crippen LogP contribution is 2.17. The van der Waals surface area contributed by atoms with Crippen molar-refractivity contribution in [3.8, 4) is 11.4 Å². The molecule has 1 aromatic heterocycles. The molecule has 0 bridgehead atoms. The lowest BCUT2D eigenvalue weighted by atomic mass is 10.1. The fourth-order valence-corrected chi connectivity index (χ4v) is 1.46. The van der Waals surface area contributed by atoms with E-state index in [1.165, 1.54) is 0 Å². The second-order valence-electron chi connectivity index (χ2n) is 4.46. The molecule has 0 radical (unpaired) electrons. The van der Waals surface area contributed by atoms with E-state index in [9.17, 15) is 4.79 Å². The third-order valence-corrected chi connectivity index (χ3v) is 2.53. The smallest absolute Gasteiger partial charge is 0.226 e. The van der Waals surface area contributed by atoms with Gasteiger partial charge in [-0.05, 0) is 24.3 Å². The van der Waals surface area contributed by atoms with Crippen molar-refractivity contribution >= 4 is 11.6 Å². The summed E-state index contributed by atoms with van der Waals surface area (Å²) in [6, 6.07) is 7.49. The summed E-state index contributed by atoms with van der Waals surface area (Å²) in [5.74, 6) is 0.667. The molecule has 2 rings (SSSR count). The van der Waals surface area contributed by atoms with Crippen LogP contribution in [0.3, 0.4) is 0 Å². The number of carbonyl (C=O) groups is 1. The van der Waals surface area contributed by atoms with Crippen LogP contribution < -0.4 is 5.32 Å². The standard InChI is InChI=1S/C13H16N4O/c1-9(2)13(18)15-11-6-4-10(5-7-11)12-14-8-17(3)16-12/h4-9H,1-3H3,(H,15,18). The average Bonchev–Trinajstić information content (AvgIpc) is 2.76. The molecular formula is C13H16N4O. The zero-order valence-corrected chi connectivity index (χ0v) is 10.7. The summed E-state index contributed by atoms with van der Waals surface area (Å²) < 4.78 is 1.66. The van der Waals surface area contributed by atoms with Gasteiger partial charge in [-0.25, -0.2) is 4.98 Å². The molecule has 0 spiro atoms. The molecule has 0 atom stereocenters. The molecule has 1 N–H and O–H groups in total. The SMILES string of the molecule is CC(C)C(=O)Nc1ccc(-c2ncn(C)n2)cc1. The first-order valence-corrected chi connectivity index (χ1v) is 5.83. The summed E-state index contributed by atoms with van der Waals surface area (Å²) in [6.07, 6.45) is 1.66. The third-order valence-electron chi connectivity index (χ3n) is 2.53. The van der Waals surface area contributed by atoms with Crippen LogP contribution in [0, 0.1) is 5.92 Å². The molecular weight excluding hydrogens is 228 g/mol. The number of nitrogens with one attached hydrogen (secondary N) is 1. The molecule has 0 aliphatic carbocycles. The number of nitrogens with zero attached hydrogens (tertiary/aromatic N) is 3. The van der Waals surface area contributed by atoms with E-state index in [1.54, 1.807) is 11.0 Å². The largest absolute Gasteiger partial charge is 0.326 e. The van der Waals surface area contributed by atoms with Crippen molar-refractivity contribution in [3.05, 3.63) is 30.6 Å². The Kier molecular flexibility index (Phi) is 3.41. The summed E-state index contributed by atoms with van der Waals surface area (Å²) in [7, 11) is 1.83. The minimum atomic E-state index is -0.0258. The van der Waals surface area contributed by atoms with Crippen LogP contribution in [0.4, 0.5) is 5.69 Å². The van der Waals surface area contributed by atoms with Crippen molar-refractivity contribution in [1.82, 2.24) is 14.8 Å². The van der Waals surface area contributed by atoms with Gasteiger partial charge in [-0.1, -0.05) is 13.8 Å². The molecule has 5 nitrogen and oxygen atoms in total. The minimum Gasteiger partial charge on any atom is -0.326 e. The van der Waals surface area contributed by atoms with Crippen LogP contribution in [0.1, 0.15) is 13.8 Å². The molecule has 1 heterocycles. The third kappa shape index (κ3) is 2.74. The molecule has 0 aliphatic rings. The van der Waals surface area contributed by atoms with Gasteiger partial charge in [0.2, 0.25) is 5.91 Å². The van der Waals surface area contributed by atoms with Crippen LogP contribution in [0.5, 0.6) is 0 Å². The lowest BCUT2D eigenvalue weighted by molar-refractivity contribution is -0.118. The second kappa shape index (κ2) is 5.00. The topological polar surface area (TPSA) is 59.8 Å². The highest BCUT2D eigenvalue weighted by atomic mass is 16.1. The summed E-state index contributed by atoms with van der Waals surface area (Å²) in [4.78, 5) is 15.7. The molecule has 1 amide bonds. The number of hydrogen-bond acceptors (Lipinski definition) is 3. The highest BCUT2D eigenvalue weighted by molar-refractivity contribution is 5.92. The van der Waals surface area contributed by atoms with E-state index in [4.69, 9.17) is 0 Å². The second-order valence-corrected chi connectivity index (χ2v) is 4.46. The number of carbonyl (C=O) groups excluding carboxylic acids is 1. The fraction of sp³-hybridized carbons (Fsp3) is 0.308. The van der Waals surface area contributed by atoms with Crippen LogP contribution in [-0.2, 0) is 11.8 Å². The van der Waals surface area contributed by atoms with Crippen LogP contribution >= 0.6 is 0 Å². The molecule has 0 saturated carbocycles. The van der Waals surface area contributed by atoms with Crippen LogP contribution in [0.15, 0.2) is 30.6 Å². The Morgan fingerprint density at radius 3 is 2.44 bits per heavy atom. The molecule has 0 fully saturated rings. The van der Waals surface area contributed by atoms with Crippen molar-refractivity contribution in [2.24, 2.45) is 13.0 Å². The lowest BCUT2D eigenvalue weighted by Gasteiger charge is -2.07. The van der Waals surface area contributed by atoms with Gasteiger partial charge in [0.1, 0.15) is 6.33 Å². The quantitative estimate of drug-likeness (QED) is 0.899. The van der Waals surface area contributed by atoms with E-state index in [0.717, 1.165) is 11.3 Å². The first kappa shape index (κ1) is 12.3. The zero-order chi connectivity index (χ0) is 13.1. The molecule has 2 aromatic rings. The van der Waals surface area contributed by atoms with Gasteiger partial charge in [-0.2, -0.15) is 5.10 Å². The molecule has 94 valence electrons. The van der Waals surface area contributed by atoms with Gasteiger partial charge in [0.25, 0.3) is 0 Å². The maximum atomic E-state index is 11.5. The first-order valence-electron chi connectivity index (χ1n) is 5.83. The molecule has 18 heavy (non-hydrogen) atoms. The van der Waals surface area contributed by atoms with E-state index in [-0.39, 0.29) is 11.8 Å². The van der Waals surface area contributed by atoms with Gasteiger partial charge in [-0.3, -0.25) is 9.48 Å². The average molecular weight is 244 g/mol. The number of hydrogen-bond donors (Lipinski definition) is 1. The maximum absolute atomic E-state index is 11.5. The highest BCUT2D eigenvalue weighted by Gasteiger charge is 2.07. The predicted octanol–water partition coefficient (Wildman–Crippen LogP) is 2.08. The van der Waals surface area contributed by atoms with Gasteiger partial charge in [0.05, 0.1) is 0 Å². The van der Waals surface area contributed by atoms with Crippen LogP contribution in [-0.4, -0.2) is 20.7 Å². The Labute approximate surface area is 106 Å². The Hall–Kier alpha value is -2.17. The Morgan fingerprint density at radius 2 is 1.94 bits per heavy atom. The Bertz CT molecular complexity index is 542. The van der Waals surface area contributed by atoms with E-state index < -0.39 is 0 Å². The minimum absolute atomic E-state index is 0.0127. The van der Waals surface area contributed by atoms with Crippen molar-refractivity contribution in [2.75, 3.05) is 5.32 Å². The number of benzene rings is 1. The first-order chi connectivity index (χ1) is 8.56. The van der Waals surface area contributed by atoms with Crippen LogP contribution in [0.2, 0.25) is 0 Å². The number of amides is 1. The monoisotopic (exact) mass is 244 g/mol. The van der Waals surface area contributed by atoms with E-state index in [2.05, 4.69) is 15.4 Å². The van der Waals surface area contributed by atoms with E-state index in [1.807, 2.05) is 45.2 Å². The number of rotatable bonds is 3. The van der Waals surface area contributed by atoms with Gasteiger partial charge in [-0.15, -0.1) is 0 Å². The van der Waals surface area contributed by atoms with Crippen molar-refractivity contribution in [2.45, 2.75) is 13.8 Å². The number of aromatic nitrogens is 3. The fourth-order valence-electron chi connectivity index (χ4n) is 1.46. The number of anilines is 1. The van der Waals surface area contributed by atoms with Gasteiger partial charge in [0, 0.05) is 24.2 Å². The van der Waals surface area contributed by atoms with Crippen molar-refractivity contribution in [1.29, 1.82) is 0 Å². The Balaban J connectivity index is 2.13. The summed E-state index contributed by atoms with van der Waals surface area (Å²) >= 11 is 0. The van der Waals surface area contributed by atoms with Gasteiger partial charge < -0.3 is 5.32 Å². The molecule has 0 unspecified atom stereocenters. The van der Waals surface area contributed by atoms with Gasteiger partial charge >= 0.3 is 0 Å². The molecule has 0 saturated heterocycles. The van der Waals surface area contributed by atoms with Gasteiger partial charge in [0.15, 0.2) is 5.82 Å². The molecule has 1 aromatic carbocycles. The normalized spacial score (nSPS) is 10.7. The summed E-state index contributed by atoms with van der Waals surface area (Å²) in [6.45, 7) is 3.73. The molecule has 0 aliphatic heterocycles. The van der Waals surface area contributed by atoms with E-state index >= 15 is 0 Å². The summed E-state index contributed by atoms with van der Waals surface area (Å²) in [5.41, 5.74) is 1.71.